The van der Waals surface area contributed by atoms with E-state index >= 15 is 0 Å². The van der Waals surface area contributed by atoms with Crippen LogP contribution in [0.4, 0.5) is 11.4 Å². The second-order valence-electron chi connectivity index (χ2n) is 7.37. The quantitative estimate of drug-likeness (QED) is 0.493. The first-order valence-corrected chi connectivity index (χ1v) is 11.8. The zero-order valence-electron chi connectivity index (χ0n) is 18.3. The minimum Gasteiger partial charge on any atom is -0.465 e. The third-order valence-corrected chi connectivity index (χ3v) is 6.98. The second-order valence-corrected chi connectivity index (χ2v) is 9.67. The number of sulfonamides is 1. The number of nitrogens with zero attached hydrogens (tertiary/aromatic N) is 1. The molecule has 3 aromatic rings. The number of rotatable bonds is 7. The second kappa shape index (κ2) is 10.1. The first-order valence-electron chi connectivity index (χ1n) is 9.95. The van der Waals surface area contributed by atoms with Crippen molar-refractivity contribution in [3.05, 3.63) is 88.4 Å². The predicted octanol–water partition coefficient (Wildman–Crippen LogP) is 4.58. The smallest absolute Gasteiger partial charge is 0.337 e. The van der Waals surface area contributed by atoms with Gasteiger partial charge in [0.2, 0.25) is 5.91 Å². The van der Waals surface area contributed by atoms with Crippen LogP contribution in [0.5, 0.6) is 0 Å². The third kappa shape index (κ3) is 5.71. The Morgan fingerprint density at radius 2 is 1.61 bits per heavy atom. The van der Waals surface area contributed by atoms with E-state index in [2.05, 4.69) is 5.32 Å². The van der Waals surface area contributed by atoms with E-state index in [0.717, 1.165) is 9.87 Å². The van der Waals surface area contributed by atoms with Gasteiger partial charge in [-0.05, 0) is 67.9 Å². The van der Waals surface area contributed by atoms with Gasteiger partial charge in [-0.2, -0.15) is 0 Å². The van der Waals surface area contributed by atoms with Crippen LogP contribution in [0.2, 0.25) is 5.02 Å². The average molecular weight is 487 g/mol. The van der Waals surface area contributed by atoms with Crippen molar-refractivity contribution in [2.75, 3.05) is 23.3 Å². The Morgan fingerprint density at radius 3 is 2.21 bits per heavy atom. The zero-order valence-corrected chi connectivity index (χ0v) is 19.9. The summed E-state index contributed by atoms with van der Waals surface area (Å²) in [5, 5.41) is 3.13. The van der Waals surface area contributed by atoms with E-state index in [1.165, 1.54) is 37.4 Å². The van der Waals surface area contributed by atoms with Crippen molar-refractivity contribution < 1.29 is 22.7 Å². The molecule has 33 heavy (non-hydrogen) atoms. The summed E-state index contributed by atoms with van der Waals surface area (Å²) in [6.45, 7) is 3.13. The van der Waals surface area contributed by atoms with Gasteiger partial charge in [-0.25, -0.2) is 13.2 Å². The maximum absolute atomic E-state index is 13.4. The van der Waals surface area contributed by atoms with Gasteiger partial charge in [0.25, 0.3) is 10.0 Å². The molecule has 9 heteroatoms. The zero-order chi connectivity index (χ0) is 24.2. The molecule has 0 saturated heterocycles. The lowest BCUT2D eigenvalue weighted by Crippen LogP contribution is -2.38. The number of aryl methyl sites for hydroxylation is 2. The number of esters is 1. The fraction of sp³-hybridized carbons (Fsp3) is 0.167. The molecule has 1 N–H and O–H groups in total. The van der Waals surface area contributed by atoms with E-state index in [0.29, 0.717) is 16.3 Å². The highest BCUT2D eigenvalue weighted by Crippen LogP contribution is 2.26. The van der Waals surface area contributed by atoms with Crippen LogP contribution in [0.15, 0.2) is 71.6 Å². The standard InChI is InChI=1S/C24H23ClN2O5S/c1-16-4-12-21(13-5-16)33(30,31)27(20-10-8-19(25)9-11-20)15-23(28)26-22-14-18(24(29)32-3)7-6-17(22)2/h4-14H,15H2,1-3H3,(H,26,28). The van der Waals surface area contributed by atoms with Crippen molar-refractivity contribution in [3.63, 3.8) is 0 Å². The van der Waals surface area contributed by atoms with Crippen LogP contribution in [0.3, 0.4) is 0 Å². The van der Waals surface area contributed by atoms with E-state index < -0.39 is 28.4 Å². The lowest BCUT2D eigenvalue weighted by molar-refractivity contribution is -0.114. The maximum Gasteiger partial charge on any atom is 0.337 e. The molecule has 3 aromatic carbocycles. The van der Waals surface area contributed by atoms with Gasteiger partial charge >= 0.3 is 5.97 Å². The molecular formula is C24H23ClN2O5S. The highest BCUT2D eigenvalue weighted by molar-refractivity contribution is 7.92. The number of hydrogen-bond acceptors (Lipinski definition) is 5. The van der Waals surface area contributed by atoms with E-state index in [1.807, 2.05) is 6.92 Å². The Morgan fingerprint density at radius 1 is 0.970 bits per heavy atom. The largest absolute Gasteiger partial charge is 0.465 e. The number of carbonyl (C=O) groups is 2. The number of halogens is 1. The van der Waals surface area contributed by atoms with Gasteiger partial charge in [-0.1, -0.05) is 35.4 Å². The van der Waals surface area contributed by atoms with Gasteiger partial charge < -0.3 is 10.1 Å². The van der Waals surface area contributed by atoms with Crippen LogP contribution in [-0.4, -0.2) is 33.9 Å². The summed E-state index contributed by atoms with van der Waals surface area (Å²) in [5.41, 5.74) is 2.54. The molecule has 0 aliphatic rings. The number of amides is 1. The number of ether oxygens (including phenoxy) is 1. The van der Waals surface area contributed by atoms with Crippen molar-refractivity contribution in [3.8, 4) is 0 Å². The molecule has 0 aliphatic heterocycles. The van der Waals surface area contributed by atoms with Crippen LogP contribution in [0.1, 0.15) is 21.5 Å². The summed E-state index contributed by atoms with van der Waals surface area (Å²) in [6.07, 6.45) is 0. The van der Waals surface area contributed by atoms with Crippen molar-refractivity contribution in [2.24, 2.45) is 0 Å². The Bertz CT molecular complexity index is 1270. The number of benzene rings is 3. The van der Waals surface area contributed by atoms with Gasteiger partial charge in [0.05, 0.1) is 23.3 Å². The summed E-state index contributed by atoms with van der Waals surface area (Å²) in [5.74, 6) is -1.12. The van der Waals surface area contributed by atoms with Crippen molar-refractivity contribution in [1.82, 2.24) is 0 Å². The fourth-order valence-corrected chi connectivity index (χ4v) is 4.63. The van der Waals surface area contributed by atoms with E-state index in [9.17, 15) is 18.0 Å². The van der Waals surface area contributed by atoms with Crippen LogP contribution in [0.25, 0.3) is 0 Å². The van der Waals surface area contributed by atoms with Crippen LogP contribution in [0, 0.1) is 13.8 Å². The average Bonchev–Trinajstić information content (AvgIpc) is 2.79. The number of hydrogen-bond donors (Lipinski definition) is 1. The van der Waals surface area contributed by atoms with Crippen molar-refractivity contribution >= 4 is 44.9 Å². The molecule has 0 unspecified atom stereocenters. The molecular weight excluding hydrogens is 464 g/mol. The first-order chi connectivity index (χ1) is 15.6. The van der Waals surface area contributed by atoms with Crippen molar-refractivity contribution in [1.29, 1.82) is 0 Å². The van der Waals surface area contributed by atoms with Crippen LogP contribution < -0.4 is 9.62 Å². The molecule has 0 radical (unpaired) electrons. The summed E-state index contributed by atoms with van der Waals surface area (Å²) in [7, 11) is -2.79. The minimum absolute atomic E-state index is 0.0553. The van der Waals surface area contributed by atoms with Crippen LogP contribution >= 0.6 is 11.6 Å². The summed E-state index contributed by atoms with van der Waals surface area (Å²) >= 11 is 5.96. The van der Waals surface area contributed by atoms with Gasteiger partial charge in [0.15, 0.2) is 0 Å². The lowest BCUT2D eigenvalue weighted by atomic mass is 10.1. The molecule has 172 valence electrons. The van der Waals surface area contributed by atoms with Gasteiger partial charge in [-0.15, -0.1) is 0 Å². The van der Waals surface area contributed by atoms with Gasteiger partial charge in [0.1, 0.15) is 6.54 Å². The number of anilines is 2. The van der Waals surface area contributed by atoms with E-state index in [-0.39, 0.29) is 16.1 Å². The molecule has 0 aromatic heterocycles. The highest BCUT2D eigenvalue weighted by atomic mass is 35.5. The Labute approximate surface area is 198 Å². The van der Waals surface area contributed by atoms with Gasteiger partial charge in [0, 0.05) is 10.7 Å². The molecule has 0 aliphatic carbocycles. The van der Waals surface area contributed by atoms with Gasteiger partial charge in [-0.3, -0.25) is 9.10 Å². The molecule has 0 heterocycles. The Balaban J connectivity index is 1.94. The molecule has 0 fully saturated rings. The monoisotopic (exact) mass is 486 g/mol. The first kappa shape index (κ1) is 24.3. The normalized spacial score (nSPS) is 11.0. The number of methoxy groups -OCH3 is 1. The van der Waals surface area contributed by atoms with E-state index in [4.69, 9.17) is 16.3 Å². The number of carbonyl (C=O) groups excluding carboxylic acids is 2. The lowest BCUT2D eigenvalue weighted by Gasteiger charge is -2.24. The molecule has 1 amide bonds. The molecule has 0 atom stereocenters. The molecule has 7 nitrogen and oxygen atoms in total. The predicted molar refractivity (Wildman–Crippen MR) is 128 cm³/mol. The summed E-state index contributed by atoms with van der Waals surface area (Å²) in [4.78, 5) is 24.8. The van der Waals surface area contributed by atoms with E-state index in [1.54, 1.807) is 43.3 Å². The fourth-order valence-electron chi connectivity index (χ4n) is 3.08. The SMILES string of the molecule is COC(=O)c1ccc(C)c(NC(=O)CN(c2ccc(Cl)cc2)S(=O)(=O)c2ccc(C)cc2)c1. The molecule has 0 bridgehead atoms. The Hall–Kier alpha value is -3.36. The topological polar surface area (TPSA) is 92.8 Å². The maximum atomic E-state index is 13.4. The summed E-state index contributed by atoms with van der Waals surface area (Å²) < 4.78 is 32.6. The third-order valence-electron chi connectivity index (χ3n) is 4.94. The molecule has 0 spiro atoms. The Kier molecular flexibility index (Phi) is 7.40. The highest BCUT2D eigenvalue weighted by Gasteiger charge is 2.27. The number of nitrogens with one attached hydrogen (secondary N) is 1. The van der Waals surface area contributed by atoms with Crippen molar-refractivity contribution in [2.45, 2.75) is 18.7 Å². The summed E-state index contributed by atoms with van der Waals surface area (Å²) in [6, 6.07) is 17.3. The molecule has 0 saturated carbocycles. The molecule has 3 rings (SSSR count). The minimum atomic E-state index is -4.05. The van der Waals surface area contributed by atoms with Crippen LogP contribution in [-0.2, 0) is 19.6 Å².